The number of hydrogen-bond donors (Lipinski definition) is 1. The zero-order valence-electron chi connectivity index (χ0n) is 13.0. The molecule has 0 spiro atoms. The zero-order chi connectivity index (χ0) is 15.5. The summed E-state index contributed by atoms with van der Waals surface area (Å²) in [5.41, 5.74) is 2.29. The van der Waals surface area contributed by atoms with Gasteiger partial charge in [0.25, 0.3) is 0 Å². The van der Waals surface area contributed by atoms with Crippen molar-refractivity contribution in [2.45, 2.75) is 25.4 Å². The van der Waals surface area contributed by atoms with E-state index < -0.39 is 0 Å². The molecule has 1 N–H and O–H groups in total. The lowest BCUT2D eigenvalue weighted by molar-refractivity contribution is -0.126. The Kier molecular flexibility index (Phi) is 4.25. The lowest BCUT2D eigenvalue weighted by Gasteiger charge is -2.35. The minimum absolute atomic E-state index is 0.0200. The van der Waals surface area contributed by atoms with Gasteiger partial charge in [-0.2, -0.15) is 0 Å². The Balaban J connectivity index is 1.86. The molecule has 3 atom stereocenters. The highest BCUT2D eigenvalue weighted by atomic mass is 16.5. The summed E-state index contributed by atoms with van der Waals surface area (Å²) in [5.74, 6) is 1.12. The lowest BCUT2D eigenvalue weighted by Crippen LogP contribution is -2.41. The van der Waals surface area contributed by atoms with E-state index in [0.717, 1.165) is 11.3 Å². The third-order valence-corrected chi connectivity index (χ3v) is 4.47. The quantitative estimate of drug-likeness (QED) is 0.939. The number of hydrogen-bond acceptors (Lipinski definition) is 3. The summed E-state index contributed by atoms with van der Waals surface area (Å²) in [5, 5.41) is 3.64. The van der Waals surface area contributed by atoms with Crippen molar-refractivity contribution in [3.63, 3.8) is 0 Å². The van der Waals surface area contributed by atoms with Crippen LogP contribution in [0.15, 0.2) is 54.6 Å². The van der Waals surface area contributed by atoms with Crippen molar-refractivity contribution in [1.29, 1.82) is 0 Å². The standard InChI is InChI=1S/C19H21NO2/c1-13-18(21)12-17(14-6-4-3-5-7-14)20-19(13)15-8-10-16(22-2)11-9-15/h3-11,13,17,19-20H,12H2,1-2H3/t13-,17-,19+/m1/s1. The topological polar surface area (TPSA) is 38.3 Å². The summed E-state index contributed by atoms with van der Waals surface area (Å²) < 4.78 is 5.21. The Morgan fingerprint density at radius 1 is 1.00 bits per heavy atom. The second-order valence-corrected chi connectivity index (χ2v) is 5.84. The largest absolute Gasteiger partial charge is 0.497 e. The second-order valence-electron chi connectivity index (χ2n) is 5.84. The maximum absolute atomic E-state index is 12.4. The molecule has 1 saturated heterocycles. The molecule has 1 heterocycles. The number of carbonyl (C=O) groups is 1. The highest BCUT2D eigenvalue weighted by Crippen LogP contribution is 2.35. The van der Waals surface area contributed by atoms with Crippen LogP contribution in [-0.4, -0.2) is 12.9 Å². The molecule has 0 aromatic heterocycles. The number of ether oxygens (including phenoxy) is 1. The zero-order valence-corrected chi connectivity index (χ0v) is 13.0. The molecule has 0 amide bonds. The van der Waals surface area contributed by atoms with Gasteiger partial charge in [-0.05, 0) is 23.3 Å². The van der Waals surface area contributed by atoms with Crippen LogP contribution in [0.5, 0.6) is 5.75 Å². The SMILES string of the molecule is COc1ccc([C@H]2N[C@@H](c3ccccc3)CC(=O)[C@H]2C)cc1. The van der Waals surface area contributed by atoms with Crippen LogP contribution < -0.4 is 10.1 Å². The number of ketones is 1. The molecule has 3 nitrogen and oxygen atoms in total. The first-order valence-electron chi connectivity index (χ1n) is 7.66. The molecule has 114 valence electrons. The molecular formula is C19H21NO2. The summed E-state index contributed by atoms with van der Waals surface area (Å²) in [4.78, 5) is 12.4. The van der Waals surface area contributed by atoms with E-state index in [2.05, 4.69) is 17.4 Å². The van der Waals surface area contributed by atoms with Gasteiger partial charge in [-0.25, -0.2) is 0 Å². The summed E-state index contributed by atoms with van der Waals surface area (Å²) in [7, 11) is 1.66. The number of benzene rings is 2. The molecule has 1 aliphatic heterocycles. The first kappa shape index (κ1) is 14.8. The fourth-order valence-corrected chi connectivity index (χ4v) is 3.09. The van der Waals surface area contributed by atoms with E-state index in [1.54, 1.807) is 7.11 Å². The van der Waals surface area contributed by atoms with Gasteiger partial charge in [-0.3, -0.25) is 4.79 Å². The van der Waals surface area contributed by atoms with Gasteiger partial charge >= 0.3 is 0 Å². The van der Waals surface area contributed by atoms with Gasteiger partial charge in [0.05, 0.1) is 7.11 Å². The van der Waals surface area contributed by atoms with E-state index in [-0.39, 0.29) is 18.0 Å². The summed E-state index contributed by atoms with van der Waals surface area (Å²) in [6.45, 7) is 2.01. The van der Waals surface area contributed by atoms with Gasteiger partial charge in [-0.15, -0.1) is 0 Å². The van der Waals surface area contributed by atoms with Gasteiger partial charge in [0, 0.05) is 24.4 Å². The van der Waals surface area contributed by atoms with Crippen LogP contribution in [0.1, 0.15) is 36.6 Å². The average Bonchev–Trinajstić information content (AvgIpc) is 2.58. The third-order valence-electron chi connectivity index (χ3n) is 4.47. The van der Waals surface area contributed by atoms with Crippen molar-refractivity contribution in [2.75, 3.05) is 7.11 Å². The molecule has 3 rings (SSSR count). The summed E-state index contributed by atoms with van der Waals surface area (Å²) in [6.07, 6.45) is 0.553. The molecular weight excluding hydrogens is 274 g/mol. The van der Waals surface area contributed by atoms with E-state index in [4.69, 9.17) is 4.74 Å². The minimum atomic E-state index is -0.0200. The van der Waals surface area contributed by atoms with Gasteiger partial charge in [-0.1, -0.05) is 49.4 Å². The molecule has 1 aliphatic rings. The Labute approximate surface area is 131 Å². The Morgan fingerprint density at radius 2 is 1.68 bits per heavy atom. The molecule has 0 bridgehead atoms. The van der Waals surface area contributed by atoms with Crippen LogP contribution in [-0.2, 0) is 4.79 Å². The van der Waals surface area contributed by atoms with Gasteiger partial charge in [0.1, 0.15) is 11.5 Å². The normalized spacial score (nSPS) is 25.0. The number of piperidine rings is 1. The van der Waals surface area contributed by atoms with Crippen LogP contribution in [0.4, 0.5) is 0 Å². The molecule has 0 aliphatic carbocycles. The van der Waals surface area contributed by atoms with Crippen molar-refractivity contribution in [3.8, 4) is 5.75 Å². The highest BCUT2D eigenvalue weighted by molar-refractivity contribution is 5.83. The molecule has 2 aromatic carbocycles. The Bertz CT molecular complexity index is 636. The van der Waals surface area contributed by atoms with E-state index in [1.807, 2.05) is 49.4 Å². The van der Waals surface area contributed by atoms with Crippen LogP contribution >= 0.6 is 0 Å². The Hall–Kier alpha value is -2.13. The molecule has 0 radical (unpaired) electrons. The van der Waals surface area contributed by atoms with E-state index in [0.29, 0.717) is 12.2 Å². The maximum atomic E-state index is 12.4. The minimum Gasteiger partial charge on any atom is -0.497 e. The van der Waals surface area contributed by atoms with Crippen molar-refractivity contribution in [1.82, 2.24) is 5.32 Å². The van der Waals surface area contributed by atoms with Crippen LogP contribution in [0.2, 0.25) is 0 Å². The lowest BCUT2D eigenvalue weighted by atomic mass is 9.82. The van der Waals surface area contributed by atoms with E-state index in [9.17, 15) is 4.79 Å². The fourth-order valence-electron chi connectivity index (χ4n) is 3.09. The highest BCUT2D eigenvalue weighted by Gasteiger charge is 2.34. The van der Waals surface area contributed by atoms with Crippen molar-refractivity contribution in [2.24, 2.45) is 5.92 Å². The smallest absolute Gasteiger partial charge is 0.139 e. The van der Waals surface area contributed by atoms with Crippen molar-refractivity contribution < 1.29 is 9.53 Å². The number of carbonyl (C=O) groups excluding carboxylic acids is 1. The monoisotopic (exact) mass is 295 g/mol. The molecule has 0 unspecified atom stereocenters. The summed E-state index contributed by atoms with van der Waals surface area (Å²) >= 11 is 0. The molecule has 1 fully saturated rings. The predicted molar refractivity (Wildman–Crippen MR) is 86.8 cm³/mol. The van der Waals surface area contributed by atoms with Crippen molar-refractivity contribution in [3.05, 3.63) is 65.7 Å². The third kappa shape index (κ3) is 2.90. The fraction of sp³-hybridized carbons (Fsp3) is 0.316. The van der Waals surface area contributed by atoms with E-state index in [1.165, 1.54) is 5.56 Å². The van der Waals surface area contributed by atoms with Gasteiger partial charge in [0.15, 0.2) is 0 Å². The van der Waals surface area contributed by atoms with Gasteiger partial charge in [0.2, 0.25) is 0 Å². The predicted octanol–water partition coefficient (Wildman–Crippen LogP) is 3.68. The molecule has 22 heavy (non-hydrogen) atoms. The van der Waals surface area contributed by atoms with Crippen LogP contribution in [0.3, 0.4) is 0 Å². The van der Waals surface area contributed by atoms with E-state index >= 15 is 0 Å². The number of methoxy groups -OCH3 is 1. The van der Waals surface area contributed by atoms with Gasteiger partial charge < -0.3 is 10.1 Å². The van der Waals surface area contributed by atoms with Crippen LogP contribution in [0.25, 0.3) is 0 Å². The Morgan fingerprint density at radius 3 is 2.32 bits per heavy atom. The first-order chi connectivity index (χ1) is 10.7. The molecule has 0 saturated carbocycles. The average molecular weight is 295 g/mol. The van der Waals surface area contributed by atoms with Crippen LogP contribution in [0, 0.1) is 5.92 Å². The number of nitrogens with one attached hydrogen (secondary N) is 1. The number of rotatable bonds is 3. The number of Topliss-reactive ketones (excluding diaryl/α,β-unsaturated/α-hetero) is 1. The maximum Gasteiger partial charge on any atom is 0.139 e. The second kappa shape index (κ2) is 6.32. The molecule has 3 heteroatoms. The first-order valence-corrected chi connectivity index (χ1v) is 7.66. The summed E-state index contributed by atoms with van der Waals surface area (Å²) in [6, 6.07) is 18.3. The molecule has 2 aromatic rings. The van der Waals surface area contributed by atoms with Crippen molar-refractivity contribution >= 4 is 5.78 Å².